The minimum absolute atomic E-state index is 0.306. The fourth-order valence-electron chi connectivity index (χ4n) is 2.21. The van der Waals surface area contributed by atoms with E-state index in [2.05, 4.69) is 15.5 Å². The SMILES string of the molecule is CCCOC(=O)c1ccc(NCc2noc(-c3ccccc3)n2)cc1. The van der Waals surface area contributed by atoms with Gasteiger partial charge in [-0.3, -0.25) is 0 Å². The number of hydrogen-bond donors (Lipinski definition) is 1. The third kappa shape index (κ3) is 4.44. The van der Waals surface area contributed by atoms with Crippen molar-refractivity contribution in [3.05, 3.63) is 66.0 Å². The smallest absolute Gasteiger partial charge is 0.338 e. The van der Waals surface area contributed by atoms with Crippen molar-refractivity contribution in [2.75, 3.05) is 11.9 Å². The van der Waals surface area contributed by atoms with E-state index in [9.17, 15) is 4.79 Å². The number of aromatic nitrogens is 2. The Morgan fingerprint density at radius 3 is 2.60 bits per heavy atom. The summed E-state index contributed by atoms with van der Waals surface area (Å²) in [4.78, 5) is 16.1. The van der Waals surface area contributed by atoms with Crippen LogP contribution in [0.15, 0.2) is 59.1 Å². The summed E-state index contributed by atoms with van der Waals surface area (Å²) in [6.07, 6.45) is 0.807. The number of hydrogen-bond acceptors (Lipinski definition) is 6. The van der Waals surface area contributed by atoms with Crippen molar-refractivity contribution in [1.82, 2.24) is 10.1 Å². The number of ether oxygens (including phenoxy) is 1. The third-order valence-corrected chi connectivity index (χ3v) is 3.50. The summed E-state index contributed by atoms with van der Waals surface area (Å²) in [5.41, 5.74) is 2.28. The maximum absolute atomic E-state index is 11.8. The van der Waals surface area contributed by atoms with Crippen molar-refractivity contribution in [2.45, 2.75) is 19.9 Å². The Bertz CT molecular complexity index is 813. The summed E-state index contributed by atoms with van der Waals surface area (Å²) < 4.78 is 10.4. The number of benzene rings is 2. The molecule has 0 saturated carbocycles. The molecule has 6 heteroatoms. The number of esters is 1. The molecular formula is C19H19N3O3. The average molecular weight is 337 g/mol. The molecule has 1 N–H and O–H groups in total. The summed E-state index contributed by atoms with van der Waals surface area (Å²) in [6.45, 7) is 2.82. The Morgan fingerprint density at radius 1 is 1.12 bits per heavy atom. The second-order valence-corrected chi connectivity index (χ2v) is 5.45. The number of nitrogens with one attached hydrogen (secondary N) is 1. The summed E-state index contributed by atoms with van der Waals surface area (Å²) in [7, 11) is 0. The predicted molar refractivity (Wildman–Crippen MR) is 94.1 cm³/mol. The van der Waals surface area contributed by atoms with Gasteiger partial charge in [-0.1, -0.05) is 30.3 Å². The lowest BCUT2D eigenvalue weighted by atomic mass is 10.2. The lowest BCUT2D eigenvalue weighted by Crippen LogP contribution is -2.06. The quantitative estimate of drug-likeness (QED) is 0.659. The Hall–Kier alpha value is -3.15. The maximum atomic E-state index is 11.8. The molecule has 0 amide bonds. The van der Waals surface area contributed by atoms with Crippen LogP contribution in [0.25, 0.3) is 11.5 Å². The monoisotopic (exact) mass is 337 g/mol. The van der Waals surface area contributed by atoms with E-state index in [1.165, 1.54) is 0 Å². The van der Waals surface area contributed by atoms with Crippen molar-refractivity contribution in [1.29, 1.82) is 0 Å². The van der Waals surface area contributed by atoms with Gasteiger partial charge < -0.3 is 14.6 Å². The van der Waals surface area contributed by atoms with Gasteiger partial charge in [0, 0.05) is 11.3 Å². The first kappa shape index (κ1) is 16.7. The van der Waals surface area contributed by atoms with E-state index in [1.807, 2.05) is 49.4 Å². The standard InChI is InChI=1S/C19H19N3O3/c1-2-12-24-19(23)15-8-10-16(11-9-15)20-13-17-21-18(25-22-17)14-6-4-3-5-7-14/h3-11,20H,2,12-13H2,1H3. The van der Waals surface area contributed by atoms with Gasteiger partial charge in [0.15, 0.2) is 5.82 Å². The minimum atomic E-state index is -0.306. The van der Waals surface area contributed by atoms with E-state index in [4.69, 9.17) is 9.26 Å². The summed E-state index contributed by atoms with van der Waals surface area (Å²) >= 11 is 0. The van der Waals surface area contributed by atoms with Crippen LogP contribution >= 0.6 is 0 Å². The zero-order valence-corrected chi connectivity index (χ0v) is 13.9. The van der Waals surface area contributed by atoms with Crippen LogP contribution in [0.1, 0.15) is 29.5 Å². The highest BCUT2D eigenvalue weighted by Gasteiger charge is 2.09. The highest BCUT2D eigenvalue weighted by atomic mass is 16.5. The van der Waals surface area contributed by atoms with Crippen LogP contribution in [-0.2, 0) is 11.3 Å². The molecule has 0 aliphatic heterocycles. The van der Waals surface area contributed by atoms with E-state index < -0.39 is 0 Å². The van der Waals surface area contributed by atoms with E-state index in [-0.39, 0.29) is 5.97 Å². The molecule has 0 radical (unpaired) electrons. The van der Waals surface area contributed by atoms with Gasteiger partial charge in [0.2, 0.25) is 0 Å². The van der Waals surface area contributed by atoms with Gasteiger partial charge in [-0.05, 0) is 42.8 Å². The van der Waals surface area contributed by atoms with Crippen molar-refractivity contribution in [3.63, 3.8) is 0 Å². The van der Waals surface area contributed by atoms with Crippen LogP contribution in [0, 0.1) is 0 Å². The lowest BCUT2D eigenvalue weighted by Gasteiger charge is -2.06. The number of rotatable bonds is 7. The van der Waals surface area contributed by atoms with Gasteiger partial charge in [0.05, 0.1) is 18.7 Å². The molecule has 0 unspecified atom stereocenters. The molecule has 0 atom stereocenters. The minimum Gasteiger partial charge on any atom is -0.462 e. The molecule has 0 bridgehead atoms. The maximum Gasteiger partial charge on any atom is 0.338 e. The lowest BCUT2D eigenvalue weighted by molar-refractivity contribution is 0.0505. The molecule has 1 aromatic heterocycles. The van der Waals surface area contributed by atoms with E-state index in [1.54, 1.807) is 12.1 Å². The van der Waals surface area contributed by atoms with Crippen LogP contribution in [0.5, 0.6) is 0 Å². The first-order valence-electron chi connectivity index (χ1n) is 8.15. The number of carbonyl (C=O) groups excluding carboxylic acids is 1. The Kier molecular flexibility index (Phi) is 5.41. The largest absolute Gasteiger partial charge is 0.462 e. The van der Waals surface area contributed by atoms with Crippen LogP contribution in [0.4, 0.5) is 5.69 Å². The Morgan fingerprint density at radius 2 is 1.88 bits per heavy atom. The van der Waals surface area contributed by atoms with Gasteiger partial charge in [-0.15, -0.1) is 0 Å². The molecule has 25 heavy (non-hydrogen) atoms. The molecule has 0 saturated heterocycles. The third-order valence-electron chi connectivity index (χ3n) is 3.50. The molecule has 2 aromatic carbocycles. The topological polar surface area (TPSA) is 77.2 Å². The molecule has 0 aliphatic carbocycles. The van der Waals surface area contributed by atoms with Crippen molar-refractivity contribution in [3.8, 4) is 11.5 Å². The van der Waals surface area contributed by atoms with Crippen LogP contribution < -0.4 is 5.32 Å². The molecule has 0 aliphatic rings. The van der Waals surface area contributed by atoms with E-state index in [0.29, 0.717) is 30.4 Å². The molecule has 128 valence electrons. The van der Waals surface area contributed by atoms with Crippen LogP contribution in [0.3, 0.4) is 0 Å². The number of nitrogens with zero attached hydrogens (tertiary/aromatic N) is 2. The van der Waals surface area contributed by atoms with E-state index in [0.717, 1.165) is 17.7 Å². The predicted octanol–water partition coefficient (Wildman–Crippen LogP) is 3.92. The first-order valence-corrected chi connectivity index (χ1v) is 8.15. The second kappa shape index (κ2) is 8.10. The molecule has 0 fully saturated rings. The zero-order chi connectivity index (χ0) is 17.5. The summed E-state index contributed by atoms with van der Waals surface area (Å²) in [5.74, 6) is 0.746. The van der Waals surface area contributed by atoms with Crippen LogP contribution in [-0.4, -0.2) is 22.7 Å². The number of carbonyl (C=O) groups is 1. The molecule has 3 rings (SSSR count). The molecule has 0 spiro atoms. The fraction of sp³-hybridized carbons (Fsp3) is 0.211. The highest BCUT2D eigenvalue weighted by molar-refractivity contribution is 5.89. The molecular weight excluding hydrogens is 318 g/mol. The first-order chi connectivity index (χ1) is 12.3. The fourth-order valence-corrected chi connectivity index (χ4v) is 2.21. The Labute approximate surface area is 145 Å². The van der Waals surface area contributed by atoms with Crippen molar-refractivity contribution < 1.29 is 14.1 Å². The highest BCUT2D eigenvalue weighted by Crippen LogP contribution is 2.17. The molecule has 3 aromatic rings. The van der Waals surface area contributed by atoms with Gasteiger partial charge in [0.25, 0.3) is 5.89 Å². The molecule has 1 heterocycles. The van der Waals surface area contributed by atoms with Gasteiger partial charge >= 0.3 is 5.97 Å². The van der Waals surface area contributed by atoms with Gasteiger partial charge in [0.1, 0.15) is 0 Å². The van der Waals surface area contributed by atoms with Gasteiger partial charge in [-0.2, -0.15) is 4.98 Å². The Balaban J connectivity index is 1.57. The van der Waals surface area contributed by atoms with Crippen molar-refractivity contribution in [2.24, 2.45) is 0 Å². The number of anilines is 1. The second-order valence-electron chi connectivity index (χ2n) is 5.45. The molecule has 6 nitrogen and oxygen atoms in total. The summed E-state index contributed by atoms with van der Waals surface area (Å²) in [6, 6.07) is 16.7. The van der Waals surface area contributed by atoms with E-state index >= 15 is 0 Å². The van der Waals surface area contributed by atoms with Gasteiger partial charge in [-0.25, -0.2) is 4.79 Å². The van der Waals surface area contributed by atoms with Crippen molar-refractivity contribution >= 4 is 11.7 Å². The summed E-state index contributed by atoms with van der Waals surface area (Å²) in [5, 5.41) is 7.16. The normalized spacial score (nSPS) is 10.4. The average Bonchev–Trinajstić information content (AvgIpc) is 3.14. The van der Waals surface area contributed by atoms with Crippen LogP contribution in [0.2, 0.25) is 0 Å². The zero-order valence-electron chi connectivity index (χ0n) is 13.9.